The van der Waals surface area contributed by atoms with E-state index in [-0.39, 0.29) is 12.5 Å². The minimum absolute atomic E-state index is 0.0201. The third kappa shape index (κ3) is 5.02. The Hall–Kier alpha value is -0.680. The van der Waals surface area contributed by atoms with Gasteiger partial charge in [0.15, 0.2) is 0 Å². The van der Waals surface area contributed by atoms with E-state index in [1.165, 1.54) is 4.90 Å². The quantitative estimate of drug-likeness (QED) is 0.635. The van der Waals surface area contributed by atoms with Crippen LogP contribution in [0.5, 0.6) is 0 Å². The van der Waals surface area contributed by atoms with Gasteiger partial charge in [-0.05, 0) is 31.4 Å². The minimum atomic E-state index is -4.03. The summed E-state index contributed by atoms with van der Waals surface area (Å²) in [5, 5.41) is 3.27. The first-order valence-electron chi connectivity index (χ1n) is 7.03. The van der Waals surface area contributed by atoms with E-state index in [4.69, 9.17) is 0 Å². The summed E-state index contributed by atoms with van der Waals surface area (Å²) in [6.45, 7) is 0.759. The van der Waals surface area contributed by atoms with Gasteiger partial charge in [0.1, 0.15) is 0 Å². The highest BCUT2D eigenvalue weighted by atomic mass is 32.2. The smallest absolute Gasteiger partial charge is 0.313 e. The Labute approximate surface area is 122 Å². The van der Waals surface area contributed by atoms with E-state index >= 15 is 0 Å². The number of rotatable bonds is 5. The fraction of sp³-hybridized carbons (Fsp3) is 0.600. The monoisotopic (exact) mass is 303 g/mol. The van der Waals surface area contributed by atoms with Gasteiger partial charge in [0.2, 0.25) is 0 Å². The van der Waals surface area contributed by atoms with Gasteiger partial charge in [-0.1, -0.05) is 24.6 Å². The molecular formula is C15H20F3NS. The van der Waals surface area contributed by atoms with E-state index in [1.807, 2.05) is 30.3 Å². The van der Waals surface area contributed by atoms with Crippen LogP contribution >= 0.6 is 11.8 Å². The van der Waals surface area contributed by atoms with E-state index in [9.17, 15) is 13.2 Å². The predicted molar refractivity (Wildman–Crippen MR) is 77.0 cm³/mol. The molecule has 1 fully saturated rings. The summed E-state index contributed by atoms with van der Waals surface area (Å²) in [5.41, 5.74) is 0. The number of nitrogens with one attached hydrogen (secondary N) is 1. The van der Waals surface area contributed by atoms with Gasteiger partial charge in [-0.15, -0.1) is 11.8 Å². The Bertz CT molecular complexity index is 394. The summed E-state index contributed by atoms with van der Waals surface area (Å²) < 4.78 is 38.1. The molecule has 1 aliphatic rings. The van der Waals surface area contributed by atoms with Crippen molar-refractivity contribution in [2.24, 2.45) is 5.92 Å². The molecule has 5 heteroatoms. The highest BCUT2D eigenvalue weighted by molar-refractivity contribution is 7.99. The molecule has 1 aliphatic carbocycles. The highest BCUT2D eigenvalue weighted by Gasteiger charge is 2.41. The van der Waals surface area contributed by atoms with E-state index in [2.05, 4.69) is 5.32 Å². The van der Waals surface area contributed by atoms with Crippen molar-refractivity contribution in [2.45, 2.75) is 42.8 Å². The number of thioether (sulfide) groups is 1. The lowest BCUT2D eigenvalue weighted by molar-refractivity contribution is -0.183. The molecule has 112 valence electrons. The molecule has 0 radical (unpaired) electrons. The van der Waals surface area contributed by atoms with Crippen molar-refractivity contribution in [2.75, 3.05) is 12.3 Å². The van der Waals surface area contributed by atoms with Gasteiger partial charge in [0.05, 0.1) is 5.92 Å². The number of alkyl halides is 3. The third-order valence-electron chi connectivity index (χ3n) is 3.68. The Morgan fingerprint density at radius 1 is 1.15 bits per heavy atom. The lowest BCUT2D eigenvalue weighted by Gasteiger charge is -2.31. The number of hydrogen-bond acceptors (Lipinski definition) is 2. The largest absolute Gasteiger partial charge is 0.391 e. The standard InChI is InChI=1S/C15H20F3NS/c16-15(17,18)12-5-4-6-13(11-12)19-9-10-20-14-7-2-1-3-8-14/h1-3,7-8,12-13,19H,4-6,9-11H2. The summed E-state index contributed by atoms with van der Waals surface area (Å²) in [4.78, 5) is 1.20. The summed E-state index contributed by atoms with van der Waals surface area (Å²) in [6, 6.07) is 10.1. The maximum absolute atomic E-state index is 12.7. The predicted octanol–water partition coefficient (Wildman–Crippen LogP) is 4.49. The van der Waals surface area contributed by atoms with Crippen LogP contribution in [0.3, 0.4) is 0 Å². The molecule has 0 saturated heterocycles. The molecule has 2 rings (SSSR count). The van der Waals surface area contributed by atoms with Crippen molar-refractivity contribution in [3.63, 3.8) is 0 Å². The van der Waals surface area contributed by atoms with E-state index in [0.717, 1.165) is 18.7 Å². The maximum Gasteiger partial charge on any atom is 0.391 e. The lowest BCUT2D eigenvalue weighted by atomic mass is 9.85. The molecule has 0 bridgehead atoms. The third-order valence-corrected chi connectivity index (χ3v) is 4.70. The van der Waals surface area contributed by atoms with Crippen LogP contribution in [0.25, 0.3) is 0 Å². The Morgan fingerprint density at radius 2 is 1.90 bits per heavy atom. The van der Waals surface area contributed by atoms with Crippen LogP contribution in [0.15, 0.2) is 35.2 Å². The van der Waals surface area contributed by atoms with Crippen LogP contribution in [0.4, 0.5) is 13.2 Å². The van der Waals surface area contributed by atoms with Crippen LogP contribution in [0.2, 0.25) is 0 Å². The molecule has 2 unspecified atom stereocenters. The second kappa shape index (κ2) is 7.36. The lowest BCUT2D eigenvalue weighted by Crippen LogP contribution is -2.39. The van der Waals surface area contributed by atoms with Crippen molar-refractivity contribution in [3.05, 3.63) is 30.3 Å². The zero-order chi connectivity index (χ0) is 14.4. The average Bonchev–Trinajstić information content (AvgIpc) is 2.44. The summed E-state index contributed by atoms with van der Waals surface area (Å²) in [6.07, 6.45) is -1.96. The van der Waals surface area contributed by atoms with Gasteiger partial charge >= 0.3 is 6.18 Å². The zero-order valence-electron chi connectivity index (χ0n) is 11.3. The highest BCUT2D eigenvalue weighted by Crippen LogP contribution is 2.37. The molecule has 0 aromatic heterocycles. The Kier molecular flexibility index (Phi) is 5.78. The fourth-order valence-corrected chi connectivity index (χ4v) is 3.43. The molecule has 0 aliphatic heterocycles. The molecule has 1 aromatic carbocycles. The molecule has 0 heterocycles. The topological polar surface area (TPSA) is 12.0 Å². The summed E-state index contributed by atoms with van der Waals surface area (Å²) >= 11 is 1.73. The van der Waals surface area contributed by atoms with Crippen LogP contribution in [0.1, 0.15) is 25.7 Å². The zero-order valence-corrected chi connectivity index (χ0v) is 12.1. The summed E-state index contributed by atoms with van der Waals surface area (Å²) in [7, 11) is 0. The first-order valence-corrected chi connectivity index (χ1v) is 8.02. The molecule has 1 N–H and O–H groups in total. The van der Waals surface area contributed by atoms with Crippen LogP contribution < -0.4 is 5.32 Å². The molecule has 1 aromatic rings. The van der Waals surface area contributed by atoms with Crippen molar-refractivity contribution in [3.8, 4) is 0 Å². The molecular weight excluding hydrogens is 283 g/mol. The first-order chi connectivity index (χ1) is 9.55. The van der Waals surface area contributed by atoms with Crippen LogP contribution in [0, 0.1) is 5.92 Å². The maximum atomic E-state index is 12.7. The molecule has 0 amide bonds. The molecule has 1 nitrogen and oxygen atoms in total. The van der Waals surface area contributed by atoms with Gasteiger partial charge in [-0.25, -0.2) is 0 Å². The normalized spacial score (nSPS) is 23.8. The van der Waals surface area contributed by atoms with Crippen molar-refractivity contribution in [1.29, 1.82) is 0 Å². The van der Waals surface area contributed by atoms with Gasteiger partial charge in [0.25, 0.3) is 0 Å². The van der Waals surface area contributed by atoms with E-state index in [1.54, 1.807) is 11.8 Å². The van der Waals surface area contributed by atoms with Crippen LogP contribution in [-0.4, -0.2) is 24.5 Å². The second-order valence-electron chi connectivity index (χ2n) is 5.22. The molecule has 1 saturated carbocycles. The van der Waals surface area contributed by atoms with E-state index in [0.29, 0.717) is 12.8 Å². The fourth-order valence-electron chi connectivity index (χ4n) is 2.62. The number of benzene rings is 1. The number of halogens is 3. The van der Waals surface area contributed by atoms with Gasteiger partial charge in [0, 0.05) is 23.2 Å². The van der Waals surface area contributed by atoms with E-state index < -0.39 is 12.1 Å². The Balaban J connectivity index is 1.66. The molecule has 2 atom stereocenters. The van der Waals surface area contributed by atoms with Crippen molar-refractivity contribution in [1.82, 2.24) is 5.32 Å². The summed E-state index contributed by atoms with van der Waals surface area (Å²) in [5.74, 6) is -0.229. The van der Waals surface area contributed by atoms with Crippen molar-refractivity contribution >= 4 is 11.8 Å². The van der Waals surface area contributed by atoms with Crippen molar-refractivity contribution < 1.29 is 13.2 Å². The second-order valence-corrected chi connectivity index (χ2v) is 6.39. The number of hydrogen-bond donors (Lipinski definition) is 1. The van der Waals surface area contributed by atoms with Gasteiger partial charge in [-0.3, -0.25) is 0 Å². The SMILES string of the molecule is FC(F)(F)C1CCCC(NCCSc2ccccc2)C1. The van der Waals surface area contributed by atoms with Gasteiger partial charge < -0.3 is 5.32 Å². The first kappa shape index (κ1) is 15.7. The minimum Gasteiger partial charge on any atom is -0.313 e. The molecule has 0 spiro atoms. The molecule has 20 heavy (non-hydrogen) atoms. The van der Waals surface area contributed by atoms with Crippen LogP contribution in [-0.2, 0) is 0 Å². The average molecular weight is 303 g/mol. The van der Waals surface area contributed by atoms with Gasteiger partial charge in [-0.2, -0.15) is 13.2 Å². The Morgan fingerprint density at radius 3 is 2.60 bits per heavy atom.